The van der Waals surface area contributed by atoms with Crippen LogP contribution in [-0.2, 0) is 80.0 Å². The van der Waals surface area contributed by atoms with Gasteiger partial charge in [-0.25, -0.2) is 4.79 Å². The van der Waals surface area contributed by atoms with Gasteiger partial charge in [-0.05, 0) is 139 Å². The molecule has 0 aliphatic carbocycles. The number of aliphatic carboxylic acids is 4. The van der Waals surface area contributed by atoms with Crippen LogP contribution in [0.3, 0.4) is 0 Å². The fraction of sp³-hybridized carbons (Fsp3) is 0.574. The lowest BCUT2D eigenvalue weighted by atomic mass is 10.00. The van der Waals surface area contributed by atoms with Crippen LogP contribution in [-0.4, -0.2) is 196 Å². The highest BCUT2D eigenvalue weighted by molar-refractivity contribution is 5.99. The second-order valence-electron chi connectivity index (χ2n) is 22.8. The molecule has 2 aromatic rings. The summed E-state index contributed by atoms with van der Waals surface area (Å²) in [5.74, 6) is -15.6. The van der Waals surface area contributed by atoms with E-state index in [1.165, 1.54) is 12.1 Å². The van der Waals surface area contributed by atoms with Crippen molar-refractivity contribution in [3.8, 4) is 5.75 Å². The van der Waals surface area contributed by atoms with E-state index in [1.54, 1.807) is 56.3 Å². The highest BCUT2D eigenvalue weighted by atomic mass is 16.4. The minimum Gasteiger partial charge on any atom is -0.508 e. The maximum Gasteiger partial charge on any atom is 0.326 e. The molecule has 94 heavy (non-hydrogen) atoms. The Morgan fingerprint density at radius 3 is 1.13 bits per heavy atom. The van der Waals surface area contributed by atoms with Gasteiger partial charge in [0, 0.05) is 25.7 Å². The quantitative estimate of drug-likeness (QED) is 0.0289. The van der Waals surface area contributed by atoms with Crippen LogP contribution in [0.5, 0.6) is 5.75 Å². The zero-order chi connectivity index (χ0) is 70.3. The van der Waals surface area contributed by atoms with E-state index in [-0.39, 0.29) is 89.1 Å². The first-order chi connectivity index (χ1) is 44.6. The summed E-state index contributed by atoms with van der Waals surface area (Å²) in [7, 11) is 0. The van der Waals surface area contributed by atoms with Gasteiger partial charge in [0.25, 0.3) is 0 Å². The summed E-state index contributed by atoms with van der Waals surface area (Å²) < 4.78 is 0. The number of hydrogen-bond acceptors (Lipinski definition) is 19. The van der Waals surface area contributed by atoms with Crippen LogP contribution in [0.2, 0.25) is 0 Å². The first-order valence-electron chi connectivity index (χ1n) is 31.1. The van der Waals surface area contributed by atoms with Crippen molar-refractivity contribution in [1.82, 2.24) is 53.2 Å². The summed E-state index contributed by atoms with van der Waals surface area (Å²) in [5.41, 5.74) is 24.3. The normalized spacial score (nSPS) is 13.9. The smallest absolute Gasteiger partial charge is 0.326 e. The number of carbonyl (C=O) groups excluding carboxylic acids is 10. The molecule has 33 heteroatoms. The summed E-state index contributed by atoms with van der Waals surface area (Å²) >= 11 is 0. The Hall–Kier alpha value is -9.34. The molecule has 0 aliphatic heterocycles. The van der Waals surface area contributed by atoms with Gasteiger partial charge in [-0.1, -0.05) is 56.3 Å². The third-order valence-corrected chi connectivity index (χ3v) is 14.4. The Balaban J connectivity index is 2.42. The monoisotopic (exact) mass is 1330 g/mol. The van der Waals surface area contributed by atoms with Gasteiger partial charge in [-0.2, -0.15) is 0 Å². The van der Waals surface area contributed by atoms with E-state index in [1.807, 2.05) is 0 Å². The Bertz CT molecular complexity index is 2830. The number of aromatic hydroxyl groups is 1. The highest BCUT2D eigenvalue weighted by Crippen LogP contribution is 2.15. The van der Waals surface area contributed by atoms with Gasteiger partial charge in [-0.15, -0.1) is 0 Å². The standard InChI is InChI=1S/C61H94N14O19/c1-35(2)30-46(75-60(92)47(32-36-12-4-3-5-13-36)68-49(78)34-66-48(77)33-67-53(85)39(65)31-37-17-19-38(76)20-18-37)59(91)70-41(15-7-10-28-63)54(86)69-40(14-6-9-27-62)55(87)71-42(21-24-50(79)80)56(88)72-43(22-25-51(81)82)57(89)73-44(23-26-52(83)84)58(90)74-45(61(93)94)16-8-11-29-64/h3-5,12-13,17-20,35,39-47,76H,6-11,14-16,21-34,62-65H2,1-2H3,(H,66,77)(H,67,85)(H,68,78)(H,69,86)(H,70,91)(H,71,87)(H,72,88)(H,73,89)(H,74,90)(H,75,92)(H,79,80)(H,81,82)(H,83,84)(H,93,94)/t39-,40-,41-,42-,43-,44-,45-,46-,47-/m0/s1. The number of phenolic OH excluding ortho intramolecular Hbond substituents is 1. The minimum atomic E-state index is -1.85. The summed E-state index contributed by atoms with van der Waals surface area (Å²) in [4.78, 5) is 185. The van der Waals surface area contributed by atoms with E-state index in [0.717, 1.165) is 0 Å². The SMILES string of the molecule is CC(C)C[C@H](NC(=O)[C@H](Cc1ccccc1)NC(=O)CNC(=O)CNC(=O)[C@@H](N)Cc1ccc(O)cc1)C(=O)N[C@@H](CCCCN)C(=O)N[C@@H](CCCCN)C(=O)N[C@@H](CCC(=O)O)C(=O)N[C@@H](CCC(=O)O)C(=O)N[C@@H](CCC(=O)O)C(=O)N[C@@H](CCCCN)C(=O)O. The molecule has 9 atom stereocenters. The number of amides is 10. The average Bonchev–Trinajstić information content (AvgIpc) is 0.927. The molecule has 0 fully saturated rings. The van der Waals surface area contributed by atoms with Crippen molar-refractivity contribution in [2.24, 2.45) is 28.9 Å². The van der Waals surface area contributed by atoms with E-state index in [4.69, 9.17) is 22.9 Å². The van der Waals surface area contributed by atoms with Gasteiger partial charge in [0.2, 0.25) is 59.1 Å². The molecule has 0 heterocycles. The summed E-state index contributed by atoms with van der Waals surface area (Å²) in [6.07, 6.45) is -2.73. The summed E-state index contributed by atoms with van der Waals surface area (Å²) in [5, 5.41) is 72.4. The van der Waals surface area contributed by atoms with Crippen molar-refractivity contribution >= 4 is 82.9 Å². The lowest BCUT2D eigenvalue weighted by Gasteiger charge is -2.28. The lowest BCUT2D eigenvalue weighted by molar-refractivity contribution is -0.143. The van der Waals surface area contributed by atoms with E-state index in [0.29, 0.717) is 30.4 Å². The van der Waals surface area contributed by atoms with Crippen LogP contribution in [0.25, 0.3) is 0 Å². The largest absolute Gasteiger partial charge is 0.508 e. The second-order valence-corrected chi connectivity index (χ2v) is 22.8. The van der Waals surface area contributed by atoms with Crippen LogP contribution in [0, 0.1) is 5.92 Å². The van der Waals surface area contributed by atoms with Gasteiger partial charge in [-0.3, -0.25) is 62.3 Å². The van der Waals surface area contributed by atoms with E-state index < -0.39 is 189 Å². The van der Waals surface area contributed by atoms with E-state index in [2.05, 4.69) is 53.2 Å². The number of carboxylic acid groups (broad SMARTS) is 4. The molecule has 0 radical (unpaired) electrons. The molecule has 0 saturated carbocycles. The first-order valence-corrected chi connectivity index (χ1v) is 31.1. The van der Waals surface area contributed by atoms with Crippen molar-refractivity contribution in [2.75, 3.05) is 32.7 Å². The van der Waals surface area contributed by atoms with Crippen molar-refractivity contribution in [3.63, 3.8) is 0 Å². The number of phenols is 1. The van der Waals surface area contributed by atoms with Gasteiger partial charge in [0.15, 0.2) is 0 Å². The van der Waals surface area contributed by atoms with Crippen LogP contribution in [0.15, 0.2) is 54.6 Å². The highest BCUT2D eigenvalue weighted by Gasteiger charge is 2.36. The molecule has 2 rings (SSSR count). The van der Waals surface area contributed by atoms with Crippen molar-refractivity contribution in [1.29, 1.82) is 0 Å². The predicted molar refractivity (Wildman–Crippen MR) is 338 cm³/mol. The topological polar surface area (TPSA) is 565 Å². The summed E-state index contributed by atoms with van der Waals surface area (Å²) in [6.45, 7) is 2.84. The van der Waals surface area contributed by atoms with Crippen molar-refractivity contribution < 1.29 is 92.7 Å². The zero-order valence-corrected chi connectivity index (χ0v) is 53.0. The molecule has 522 valence electrons. The Morgan fingerprint density at radius 2 is 0.734 bits per heavy atom. The second kappa shape index (κ2) is 44.2. The number of rotatable bonds is 48. The third kappa shape index (κ3) is 33.3. The molecule has 0 bridgehead atoms. The molecule has 0 aliphatic rings. The molecule has 0 aromatic heterocycles. The number of carboxylic acids is 4. The van der Waals surface area contributed by atoms with Crippen LogP contribution >= 0.6 is 0 Å². The molecular weight excluding hydrogens is 1230 g/mol. The van der Waals surface area contributed by atoms with Crippen LogP contribution in [0.1, 0.15) is 128 Å². The molecule has 23 N–H and O–H groups in total. The Morgan fingerprint density at radius 1 is 0.383 bits per heavy atom. The van der Waals surface area contributed by atoms with E-state index in [9.17, 15) is 92.7 Å². The number of nitrogens with two attached hydrogens (primary N) is 4. The zero-order valence-electron chi connectivity index (χ0n) is 53.0. The van der Waals surface area contributed by atoms with Gasteiger partial charge < -0.3 is 102 Å². The molecule has 0 saturated heterocycles. The number of hydrogen-bond donors (Lipinski definition) is 19. The number of benzene rings is 2. The van der Waals surface area contributed by atoms with Gasteiger partial charge >= 0.3 is 23.9 Å². The maximum atomic E-state index is 14.5. The van der Waals surface area contributed by atoms with Gasteiger partial charge in [0.05, 0.1) is 19.1 Å². The van der Waals surface area contributed by atoms with Crippen molar-refractivity contribution in [2.45, 2.75) is 184 Å². The maximum absolute atomic E-state index is 14.5. The predicted octanol–water partition coefficient (Wildman–Crippen LogP) is -3.27. The molecular formula is C61H94N14O19. The van der Waals surface area contributed by atoms with Crippen LogP contribution in [0.4, 0.5) is 0 Å². The van der Waals surface area contributed by atoms with Crippen LogP contribution < -0.4 is 76.1 Å². The minimum absolute atomic E-state index is 0.00630. The molecule has 0 spiro atoms. The molecule has 33 nitrogen and oxygen atoms in total. The first kappa shape index (κ1) is 80.8. The van der Waals surface area contributed by atoms with Crippen molar-refractivity contribution in [3.05, 3.63) is 65.7 Å². The molecule has 2 aromatic carbocycles. The number of unbranched alkanes of at least 4 members (excludes halogenated alkanes) is 3. The molecule has 10 amide bonds. The fourth-order valence-electron chi connectivity index (χ4n) is 9.32. The van der Waals surface area contributed by atoms with E-state index >= 15 is 0 Å². The molecule has 0 unspecified atom stereocenters. The third-order valence-electron chi connectivity index (χ3n) is 14.4. The Kier molecular flexibility index (Phi) is 38.0. The number of carbonyl (C=O) groups is 14. The number of nitrogens with one attached hydrogen (secondary N) is 10. The summed E-state index contributed by atoms with van der Waals surface area (Å²) in [6, 6.07) is 0.892. The fourth-order valence-corrected chi connectivity index (χ4v) is 9.32. The lowest BCUT2D eigenvalue weighted by Crippen LogP contribution is -2.60. The van der Waals surface area contributed by atoms with Gasteiger partial charge in [0.1, 0.15) is 54.1 Å². The average molecular weight is 1330 g/mol. The Labute approximate surface area is 543 Å².